The van der Waals surface area contributed by atoms with Crippen LogP contribution in [-0.4, -0.2) is 22.0 Å². The second-order valence-corrected chi connectivity index (χ2v) is 5.24. The molecule has 0 saturated heterocycles. The van der Waals surface area contributed by atoms with Gasteiger partial charge in [-0.25, -0.2) is 9.97 Å². The van der Waals surface area contributed by atoms with E-state index in [0.29, 0.717) is 17.1 Å². The Morgan fingerprint density at radius 2 is 2.10 bits per heavy atom. The Hall–Kier alpha value is -1.85. The van der Waals surface area contributed by atoms with E-state index in [2.05, 4.69) is 15.3 Å². The number of pyridine rings is 2. The SMILES string of the molecule is CC(C)Oc1ncccc1NC(=O)c1cnc(Cl)c(Cl)c1. The summed E-state index contributed by atoms with van der Waals surface area (Å²) in [6.07, 6.45) is 2.89. The molecule has 0 atom stereocenters. The number of rotatable bonds is 4. The van der Waals surface area contributed by atoms with Crippen LogP contribution in [0.4, 0.5) is 5.69 Å². The number of hydrogen-bond acceptors (Lipinski definition) is 4. The van der Waals surface area contributed by atoms with E-state index in [9.17, 15) is 4.79 Å². The molecule has 110 valence electrons. The van der Waals surface area contributed by atoms with Gasteiger partial charge in [0.15, 0.2) is 0 Å². The van der Waals surface area contributed by atoms with Gasteiger partial charge in [-0.1, -0.05) is 23.2 Å². The van der Waals surface area contributed by atoms with Crippen LogP contribution in [0.25, 0.3) is 0 Å². The highest BCUT2D eigenvalue weighted by molar-refractivity contribution is 6.41. The number of carbonyl (C=O) groups is 1. The van der Waals surface area contributed by atoms with Gasteiger partial charge in [-0.05, 0) is 32.0 Å². The maximum Gasteiger partial charge on any atom is 0.257 e. The molecule has 0 bridgehead atoms. The maximum atomic E-state index is 12.2. The van der Waals surface area contributed by atoms with Crippen LogP contribution in [0, 0.1) is 0 Å². The Balaban J connectivity index is 2.21. The number of amides is 1. The summed E-state index contributed by atoms with van der Waals surface area (Å²) in [4.78, 5) is 20.1. The van der Waals surface area contributed by atoms with Crippen molar-refractivity contribution in [2.45, 2.75) is 20.0 Å². The topological polar surface area (TPSA) is 64.1 Å². The van der Waals surface area contributed by atoms with E-state index in [1.165, 1.54) is 12.3 Å². The Kier molecular flexibility index (Phi) is 4.98. The van der Waals surface area contributed by atoms with Crippen LogP contribution in [0.5, 0.6) is 5.88 Å². The number of halogens is 2. The molecule has 1 N–H and O–H groups in total. The highest BCUT2D eigenvalue weighted by Gasteiger charge is 2.13. The quantitative estimate of drug-likeness (QED) is 0.868. The third-order valence-electron chi connectivity index (χ3n) is 2.43. The van der Waals surface area contributed by atoms with Crippen LogP contribution in [0.1, 0.15) is 24.2 Å². The Morgan fingerprint density at radius 3 is 2.76 bits per heavy atom. The summed E-state index contributed by atoms with van der Waals surface area (Å²) in [5.41, 5.74) is 0.769. The van der Waals surface area contributed by atoms with Gasteiger partial charge in [-0.2, -0.15) is 0 Å². The molecule has 5 nitrogen and oxygen atoms in total. The van der Waals surface area contributed by atoms with Gasteiger partial charge in [-0.3, -0.25) is 4.79 Å². The van der Waals surface area contributed by atoms with Crippen molar-refractivity contribution < 1.29 is 9.53 Å². The van der Waals surface area contributed by atoms with Crippen LogP contribution < -0.4 is 10.1 Å². The van der Waals surface area contributed by atoms with Gasteiger partial charge >= 0.3 is 0 Å². The van der Waals surface area contributed by atoms with Crippen molar-refractivity contribution >= 4 is 34.8 Å². The minimum absolute atomic E-state index is 0.0535. The molecule has 2 aromatic heterocycles. The van der Waals surface area contributed by atoms with Gasteiger partial charge in [0, 0.05) is 12.4 Å². The summed E-state index contributed by atoms with van der Waals surface area (Å²) in [6.45, 7) is 3.76. The molecule has 0 aromatic carbocycles. The molecular formula is C14H13Cl2N3O2. The first kappa shape index (κ1) is 15.5. The van der Waals surface area contributed by atoms with E-state index in [1.54, 1.807) is 18.3 Å². The monoisotopic (exact) mass is 325 g/mol. The lowest BCUT2D eigenvalue weighted by Crippen LogP contribution is -2.15. The lowest BCUT2D eigenvalue weighted by molar-refractivity contribution is 0.102. The van der Waals surface area contributed by atoms with Gasteiger partial charge in [0.2, 0.25) is 5.88 Å². The van der Waals surface area contributed by atoms with E-state index in [1.807, 2.05) is 13.8 Å². The molecule has 2 heterocycles. The van der Waals surface area contributed by atoms with E-state index < -0.39 is 0 Å². The zero-order chi connectivity index (χ0) is 15.4. The first-order chi connectivity index (χ1) is 9.97. The second-order valence-electron chi connectivity index (χ2n) is 4.47. The van der Waals surface area contributed by atoms with Gasteiger partial charge in [0.1, 0.15) is 10.8 Å². The lowest BCUT2D eigenvalue weighted by atomic mass is 10.2. The van der Waals surface area contributed by atoms with Crippen molar-refractivity contribution in [2.75, 3.05) is 5.32 Å². The van der Waals surface area contributed by atoms with Crippen LogP contribution >= 0.6 is 23.2 Å². The van der Waals surface area contributed by atoms with Gasteiger partial charge in [0.25, 0.3) is 5.91 Å². The fourth-order valence-corrected chi connectivity index (χ4v) is 1.81. The number of nitrogens with zero attached hydrogens (tertiary/aromatic N) is 2. The van der Waals surface area contributed by atoms with Crippen LogP contribution in [0.3, 0.4) is 0 Å². The largest absolute Gasteiger partial charge is 0.473 e. The summed E-state index contributed by atoms with van der Waals surface area (Å²) < 4.78 is 5.54. The van der Waals surface area contributed by atoms with Crippen molar-refractivity contribution in [3.63, 3.8) is 0 Å². The molecule has 0 radical (unpaired) electrons. The van der Waals surface area contributed by atoms with E-state index in [-0.39, 0.29) is 22.2 Å². The summed E-state index contributed by atoms with van der Waals surface area (Å²) in [6, 6.07) is 4.86. The predicted octanol–water partition coefficient (Wildman–Crippen LogP) is 3.82. The van der Waals surface area contributed by atoms with Crippen LogP contribution in [0.15, 0.2) is 30.6 Å². The minimum atomic E-state index is -0.373. The maximum absolute atomic E-state index is 12.2. The Bertz CT molecular complexity index is 662. The molecule has 7 heteroatoms. The number of hydrogen-bond donors (Lipinski definition) is 1. The van der Waals surface area contributed by atoms with Crippen molar-refractivity contribution in [3.8, 4) is 5.88 Å². The van der Waals surface area contributed by atoms with Gasteiger partial charge < -0.3 is 10.1 Å². The zero-order valence-corrected chi connectivity index (χ0v) is 12.9. The predicted molar refractivity (Wildman–Crippen MR) is 82.2 cm³/mol. The average Bonchev–Trinajstić information content (AvgIpc) is 2.43. The standard InChI is InChI=1S/C14H13Cl2N3O2/c1-8(2)21-14-11(4-3-5-17-14)19-13(20)9-6-10(15)12(16)18-7-9/h3-8H,1-2H3,(H,19,20). The number of ether oxygens (including phenoxy) is 1. The molecule has 0 saturated carbocycles. The van der Waals surface area contributed by atoms with Gasteiger partial charge in [-0.15, -0.1) is 0 Å². The van der Waals surface area contributed by atoms with E-state index in [4.69, 9.17) is 27.9 Å². The number of carbonyl (C=O) groups excluding carboxylic acids is 1. The molecule has 0 aliphatic heterocycles. The summed E-state index contributed by atoms with van der Waals surface area (Å²) >= 11 is 11.6. The summed E-state index contributed by atoms with van der Waals surface area (Å²) in [7, 11) is 0. The Labute approximate surface area is 132 Å². The fourth-order valence-electron chi connectivity index (χ4n) is 1.54. The first-order valence-corrected chi connectivity index (χ1v) is 6.97. The second kappa shape index (κ2) is 6.74. The highest BCUT2D eigenvalue weighted by atomic mass is 35.5. The van der Waals surface area contributed by atoms with E-state index >= 15 is 0 Å². The first-order valence-electron chi connectivity index (χ1n) is 6.21. The highest BCUT2D eigenvalue weighted by Crippen LogP contribution is 2.24. The number of anilines is 1. The van der Waals surface area contributed by atoms with E-state index in [0.717, 1.165) is 0 Å². The average molecular weight is 326 g/mol. The third kappa shape index (κ3) is 4.06. The lowest BCUT2D eigenvalue weighted by Gasteiger charge is -2.13. The molecular weight excluding hydrogens is 313 g/mol. The minimum Gasteiger partial charge on any atom is -0.473 e. The van der Waals surface area contributed by atoms with Crippen molar-refractivity contribution in [1.82, 2.24) is 9.97 Å². The molecule has 0 aliphatic rings. The molecule has 0 unspecified atom stereocenters. The molecule has 0 aliphatic carbocycles. The van der Waals surface area contributed by atoms with Crippen LogP contribution in [0.2, 0.25) is 10.2 Å². The van der Waals surface area contributed by atoms with Crippen molar-refractivity contribution in [3.05, 3.63) is 46.3 Å². The smallest absolute Gasteiger partial charge is 0.257 e. The molecule has 1 amide bonds. The molecule has 2 rings (SSSR count). The molecule has 0 fully saturated rings. The molecule has 0 spiro atoms. The fraction of sp³-hybridized carbons (Fsp3) is 0.214. The van der Waals surface area contributed by atoms with Crippen molar-refractivity contribution in [2.24, 2.45) is 0 Å². The summed E-state index contributed by atoms with van der Waals surface area (Å²) in [5.74, 6) is -0.0171. The molecule has 21 heavy (non-hydrogen) atoms. The zero-order valence-electron chi connectivity index (χ0n) is 11.4. The number of nitrogens with one attached hydrogen (secondary N) is 1. The van der Waals surface area contributed by atoms with Crippen molar-refractivity contribution in [1.29, 1.82) is 0 Å². The Morgan fingerprint density at radius 1 is 1.33 bits per heavy atom. The third-order valence-corrected chi connectivity index (χ3v) is 3.11. The summed E-state index contributed by atoms with van der Waals surface area (Å²) in [5, 5.41) is 3.08. The van der Waals surface area contributed by atoms with Gasteiger partial charge in [0.05, 0.1) is 16.7 Å². The molecule has 2 aromatic rings. The normalized spacial score (nSPS) is 10.5. The van der Waals surface area contributed by atoms with Crippen LogP contribution in [-0.2, 0) is 0 Å². The number of aromatic nitrogens is 2.